The minimum atomic E-state index is -0.340. The zero-order valence-corrected chi connectivity index (χ0v) is 15.3. The highest BCUT2D eigenvalue weighted by molar-refractivity contribution is 6.05. The molecule has 1 aromatic heterocycles. The van der Waals surface area contributed by atoms with Crippen molar-refractivity contribution in [1.29, 1.82) is 5.26 Å². The summed E-state index contributed by atoms with van der Waals surface area (Å²) in [5, 5.41) is 11.6. The van der Waals surface area contributed by atoms with E-state index in [4.69, 9.17) is 5.26 Å². The Morgan fingerprint density at radius 1 is 1.22 bits per heavy atom. The van der Waals surface area contributed by atoms with Gasteiger partial charge in [-0.15, -0.1) is 0 Å². The molecule has 6 heteroatoms. The molecule has 0 aliphatic carbocycles. The summed E-state index contributed by atoms with van der Waals surface area (Å²) in [6.07, 6.45) is 7.07. The number of pyridine rings is 1. The third kappa shape index (κ3) is 4.32. The van der Waals surface area contributed by atoms with Crippen LogP contribution in [-0.4, -0.2) is 34.3 Å². The highest BCUT2D eigenvalue weighted by Gasteiger charge is 2.26. The molecule has 6 nitrogen and oxygen atoms in total. The molecular formula is C21H22N4O2. The van der Waals surface area contributed by atoms with Gasteiger partial charge in [-0.05, 0) is 56.0 Å². The largest absolute Gasteiger partial charge is 0.336 e. The maximum atomic E-state index is 12.9. The summed E-state index contributed by atoms with van der Waals surface area (Å²) in [6.45, 7) is 2.84. The number of nitrogens with zero attached hydrogens (tertiary/aromatic N) is 3. The predicted molar refractivity (Wildman–Crippen MR) is 102 cm³/mol. The number of anilines is 1. The second-order valence-corrected chi connectivity index (χ2v) is 6.66. The average Bonchev–Trinajstić information content (AvgIpc) is 2.73. The van der Waals surface area contributed by atoms with E-state index in [2.05, 4.69) is 17.2 Å². The van der Waals surface area contributed by atoms with E-state index in [1.807, 2.05) is 11.0 Å². The van der Waals surface area contributed by atoms with Crippen LogP contribution >= 0.6 is 0 Å². The molecule has 0 saturated carbocycles. The van der Waals surface area contributed by atoms with Crippen LogP contribution in [0.15, 0.2) is 42.7 Å². The number of hydrogen-bond acceptors (Lipinski definition) is 4. The average molecular weight is 362 g/mol. The molecule has 1 atom stereocenters. The Balaban J connectivity index is 1.75. The summed E-state index contributed by atoms with van der Waals surface area (Å²) < 4.78 is 0. The number of nitrogens with one attached hydrogen (secondary N) is 1. The van der Waals surface area contributed by atoms with E-state index in [0.717, 1.165) is 32.2 Å². The van der Waals surface area contributed by atoms with Gasteiger partial charge < -0.3 is 10.2 Å². The Bertz CT molecular complexity index is 870. The summed E-state index contributed by atoms with van der Waals surface area (Å²) in [5.74, 6) is -0.408. The quantitative estimate of drug-likeness (QED) is 0.900. The van der Waals surface area contributed by atoms with Crippen LogP contribution in [0, 0.1) is 11.3 Å². The maximum absolute atomic E-state index is 12.9. The van der Waals surface area contributed by atoms with Crippen molar-refractivity contribution in [1.82, 2.24) is 9.88 Å². The van der Waals surface area contributed by atoms with Crippen LogP contribution in [-0.2, 0) is 0 Å². The Hall–Kier alpha value is -3.20. The number of hydrogen-bond donors (Lipinski definition) is 1. The number of rotatable bonds is 4. The Morgan fingerprint density at radius 2 is 1.96 bits per heavy atom. The first-order valence-electron chi connectivity index (χ1n) is 9.20. The molecule has 1 unspecified atom stereocenters. The molecule has 2 heterocycles. The number of likely N-dealkylation sites (tertiary alicyclic amines) is 1. The van der Waals surface area contributed by atoms with Gasteiger partial charge >= 0.3 is 0 Å². The Kier molecular flexibility index (Phi) is 5.82. The second-order valence-electron chi connectivity index (χ2n) is 6.66. The molecule has 2 amide bonds. The van der Waals surface area contributed by atoms with Crippen molar-refractivity contribution in [3.05, 3.63) is 59.4 Å². The van der Waals surface area contributed by atoms with Crippen LogP contribution in [0.3, 0.4) is 0 Å². The molecule has 1 saturated heterocycles. The second kappa shape index (κ2) is 8.45. The fraction of sp³-hybridized carbons (Fsp3) is 0.333. The lowest BCUT2D eigenvalue weighted by atomic mass is 9.99. The van der Waals surface area contributed by atoms with Crippen molar-refractivity contribution in [3.8, 4) is 6.07 Å². The lowest BCUT2D eigenvalue weighted by Gasteiger charge is -2.35. The molecular weight excluding hydrogens is 340 g/mol. The third-order valence-corrected chi connectivity index (χ3v) is 4.88. The van der Waals surface area contributed by atoms with Gasteiger partial charge in [0.25, 0.3) is 11.8 Å². The molecule has 1 aromatic carbocycles. The molecule has 138 valence electrons. The molecule has 1 fully saturated rings. The van der Waals surface area contributed by atoms with Crippen molar-refractivity contribution in [2.75, 3.05) is 11.9 Å². The summed E-state index contributed by atoms with van der Waals surface area (Å²) in [6, 6.07) is 10.5. The van der Waals surface area contributed by atoms with E-state index in [9.17, 15) is 9.59 Å². The molecule has 2 aromatic rings. The highest BCUT2D eigenvalue weighted by atomic mass is 16.2. The standard InChI is InChI=1S/C21H22N4O2/c1-2-19-5-3-4-10-25(19)21(27)17-11-16(13-23-14-17)20(26)24-18-8-6-15(12-22)7-9-18/h6-9,11,13-14,19H,2-5,10H2,1H3,(H,24,26). The van der Waals surface area contributed by atoms with Crippen LogP contribution in [0.5, 0.6) is 0 Å². The molecule has 1 aliphatic heterocycles. The van der Waals surface area contributed by atoms with Gasteiger partial charge in [0.05, 0.1) is 22.8 Å². The van der Waals surface area contributed by atoms with Crippen molar-refractivity contribution in [2.24, 2.45) is 0 Å². The number of aromatic nitrogens is 1. The summed E-state index contributed by atoms with van der Waals surface area (Å²) in [7, 11) is 0. The van der Waals surface area contributed by atoms with Gasteiger partial charge in [-0.1, -0.05) is 6.92 Å². The summed E-state index contributed by atoms with van der Waals surface area (Å²) >= 11 is 0. The van der Waals surface area contributed by atoms with Crippen molar-refractivity contribution >= 4 is 17.5 Å². The van der Waals surface area contributed by atoms with E-state index in [0.29, 0.717) is 22.4 Å². The van der Waals surface area contributed by atoms with E-state index < -0.39 is 0 Å². The van der Waals surface area contributed by atoms with Crippen molar-refractivity contribution in [3.63, 3.8) is 0 Å². The predicted octanol–water partition coefficient (Wildman–Crippen LogP) is 3.61. The molecule has 0 radical (unpaired) electrons. The number of piperidine rings is 1. The lowest BCUT2D eigenvalue weighted by molar-refractivity contribution is 0.0607. The number of amides is 2. The van der Waals surface area contributed by atoms with Crippen LogP contribution < -0.4 is 5.32 Å². The molecule has 1 N–H and O–H groups in total. The SMILES string of the molecule is CCC1CCCCN1C(=O)c1cncc(C(=O)Nc2ccc(C#N)cc2)c1. The maximum Gasteiger partial charge on any atom is 0.257 e. The number of carbonyl (C=O) groups excluding carboxylic acids is 2. The molecule has 1 aliphatic rings. The number of nitriles is 1. The lowest BCUT2D eigenvalue weighted by Crippen LogP contribution is -2.43. The Labute approximate surface area is 158 Å². The monoisotopic (exact) mass is 362 g/mol. The molecule has 0 bridgehead atoms. The van der Waals surface area contributed by atoms with Gasteiger partial charge in [0.2, 0.25) is 0 Å². The van der Waals surface area contributed by atoms with Gasteiger partial charge in [0, 0.05) is 30.7 Å². The van der Waals surface area contributed by atoms with Gasteiger partial charge in [-0.3, -0.25) is 14.6 Å². The van der Waals surface area contributed by atoms with Crippen LogP contribution in [0.25, 0.3) is 0 Å². The first-order chi connectivity index (χ1) is 13.1. The van der Waals surface area contributed by atoms with Crippen LogP contribution in [0.1, 0.15) is 58.9 Å². The normalized spacial score (nSPS) is 16.4. The minimum absolute atomic E-state index is 0.0675. The molecule has 3 rings (SSSR count). The number of carbonyl (C=O) groups is 2. The molecule has 0 spiro atoms. The van der Waals surface area contributed by atoms with Crippen LogP contribution in [0.4, 0.5) is 5.69 Å². The summed E-state index contributed by atoms with van der Waals surface area (Å²) in [4.78, 5) is 31.4. The topological polar surface area (TPSA) is 86.1 Å². The van der Waals surface area contributed by atoms with E-state index >= 15 is 0 Å². The van der Waals surface area contributed by atoms with Gasteiger partial charge in [-0.2, -0.15) is 5.26 Å². The fourth-order valence-electron chi connectivity index (χ4n) is 3.37. The first-order valence-corrected chi connectivity index (χ1v) is 9.20. The van der Waals surface area contributed by atoms with Gasteiger partial charge in [0.1, 0.15) is 0 Å². The first kappa shape index (κ1) is 18.6. The van der Waals surface area contributed by atoms with Crippen LogP contribution in [0.2, 0.25) is 0 Å². The Morgan fingerprint density at radius 3 is 2.67 bits per heavy atom. The van der Waals surface area contributed by atoms with Crippen molar-refractivity contribution < 1.29 is 9.59 Å². The number of benzene rings is 1. The summed E-state index contributed by atoms with van der Waals surface area (Å²) in [5.41, 5.74) is 1.87. The van der Waals surface area contributed by atoms with Crippen molar-refractivity contribution in [2.45, 2.75) is 38.6 Å². The van der Waals surface area contributed by atoms with E-state index in [-0.39, 0.29) is 17.9 Å². The van der Waals surface area contributed by atoms with E-state index in [1.165, 1.54) is 12.4 Å². The van der Waals surface area contributed by atoms with Gasteiger partial charge in [-0.25, -0.2) is 0 Å². The fourth-order valence-corrected chi connectivity index (χ4v) is 3.37. The van der Waals surface area contributed by atoms with E-state index in [1.54, 1.807) is 30.3 Å². The highest BCUT2D eigenvalue weighted by Crippen LogP contribution is 2.22. The third-order valence-electron chi connectivity index (χ3n) is 4.88. The minimum Gasteiger partial charge on any atom is -0.336 e. The zero-order chi connectivity index (χ0) is 19.2. The van der Waals surface area contributed by atoms with Gasteiger partial charge in [0.15, 0.2) is 0 Å². The zero-order valence-electron chi connectivity index (χ0n) is 15.3. The molecule has 27 heavy (non-hydrogen) atoms. The smallest absolute Gasteiger partial charge is 0.257 e.